The van der Waals surface area contributed by atoms with E-state index in [0.717, 1.165) is 38.5 Å². The smallest absolute Gasteiger partial charge is 0.187 e. The van der Waals surface area contributed by atoms with Crippen molar-refractivity contribution in [3.05, 3.63) is 0 Å². The Morgan fingerprint density at radius 2 is 1.30 bits per heavy atom. The summed E-state index contributed by atoms with van der Waals surface area (Å²) < 4.78 is 48.5. The van der Waals surface area contributed by atoms with E-state index < -0.39 is 123 Å². The van der Waals surface area contributed by atoms with Gasteiger partial charge in [-0.15, -0.1) is 0 Å². The van der Waals surface area contributed by atoms with Gasteiger partial charge in [0.05, 0.1) is 44.2 Å². The van der Waals surface area contributed by atoms with Crippen molar-refractivity contribution in [1.82, 2.24) is 0 Å². The Morgan fingerprint density at radius 1 is 0.682 bits per heavy atom. The summed E-state index contributed by atoms with van der Waals surface area (Å²) in [5, 5.41) is 116. The molecule has 4 aliphatic heterocycles. The third-order valence-electron chi connectivity index (χ3n) is 18.5. The Hall–Kier alpha value is -0.760. The summed E-state index contributed by atoms with van der Waals surface area (Å²) in [5.41, 5.74) is -0.124. The van der Waals surface area contributed by atoms with Crippen molar-refractivity contribution in [3.8, 4) is 0 Å². The predicted molar refractivity (Wildman–Crippen MR) is 228 cm³/mol. The first-order valence-corrected chi connectivity index (χ1v) is 24.7. The Labute approximate surface area is 387 Å². The third-order valence-corrected chi connectivity index (χ3v) is 18.5. The molecule has 11 N–H and O–H groups in total. The van der Waals surface area contributed by atoms with Crippen molar-refractivity contribution in [2.75, 3.05) is 26.9 Å². The molecule has 4 saturated carbocycles. The van der Waals surface area contributed by atoms with Gasteiger partial charge in [-0.25, -0.2) is 0 Å². The van der Waals surface area contributed by atoms with Crippen LogP contribution in [0.2, 0.25) is 0 Å². The van der Waals surface area contributed by atoms with E-state index in [-0.39, 0.29) is 34.7 Å². The molecule has 4 saturated heterocycles. The van der Waals surface area contributed by atoms with E-state index in [1.54, 1.807) is 7.11 Å². The maximum Gasteiger partial charge on any atom is 0.187 e. The number of aliphatic hydroxyl groups excluding tert-OH is 11. The lowest BCUT2D eigenvalue weighted by atomic mass is 9.44. The maximum atomic E-state index is 11.8. The molecule has 4 aliphatic carbocycles. The summed E-state index contributed by atoms with van der Waals surface area (Å²) >= 11 is 0. The second kappa shape index (κ2) is 20.0. The standard InChI is InChI=1S/C47H80O19/c1-7-27-33(51)35(53)38(56)42(61-27)60-19-20(2)10-13-47(59-6)21(3)32-29(66-47)15-25-23-9-8-22-14-28(26(50)16-46(22,5)24(23)11-12-45(25,32)4)62-43-40(58)37(55)41(31(18-49)64-43)65-44-39(57)36(54)34(52)30(17-48)63-44/h20-44,48-58H,7-19H2,1-6H3/t20-,21+,22+,23-,24+,25+,26-,27-,28-,29+,30-,31-,32+,33-,34-,35+,36+,37-,38-,39-,40-,41+,42-,43-,44+,45+,46+,47-/m1/s1. The molecule has 0 spiro atoms. The number of hydrogen-bond donors (Lipinski definition) is 11. The van der Waals surface area contributed by atoms with Crippen LogP contribution in [0.4, 0.5) is 0 Å². The minimum atomic E-state index is -1.77. The van der Waals surface area contributed by atoms with Crippen LogP contribution in [0, 0.1) is 52.3 Å². The summed E-state index contributed by atoms with van der Waals surface area (Å²) in [6.45, 7) is 9.89. The largest absolute Gasteiger partial charge is 0.394 e. The molecule has 28 atom stereocenters. The van der Waals surface area contributed by atoms with Crippen LogP contribution in [0.3, 0.4) is 0 Å². The average molecular weight is 949 g/mol. The van der Waals surface area contributed by atoms with Crippen molar-refractivity contribution < 1.29 is 94.1 Å². The van der Waals surface area contributed by atoms with Gasteiger partial charge in [-0.3, -0.25) is 0 Å². The topological polar surface area (TPSA) is 296 Å². The second-order valence-corrected chi connectivity index (χ2v) is 22.0. The Bertz CT molecular complexity index is 1610. The van der Waals surface area contributed by atoms with Gasteiger partial charge in [-0.2, -0.15) is 0 Å². The summed E-state index contributed by atoms with van der Waals surface area (Å²) in [5.74, 6) is 1.27. The van der Waals surface area contributed by atoms with Crippen LogP contribution in [-0.4, -0.2) is 199 Å². The molecule has 19 nitrogen and oxygen atoms in total. The zero-order chi connectivity index (χ0) is 47.8. The summed E-state index contributed by atoms with van der Waals surface area (Å²) in [6.07, 6.45) is -14.8. The molecule has 66 heavy (non-hydrogen) atoms. The van der Waals surface area contributed by atoms with Crippen molar-refractivity contribution >= 4 is 0 Å². The van der Waals surface area contributed by atoms with Gasteiger partial charge < -0.3 is 94.1 Å². The van der Waals surface area contributed by atoms with Gasteiger partial charge in [0.15, 0.2) is 24.7 Å². The van der Waals surface area contributed by atoms with Crippen molar-refractivity contribution in [2.45, 2.75) is 215 Å². The molecule has 8 fully saturated rings. The highest BCUT2D eigenvalue weighted by molar-refractivity contribution is 5.16. The average Bonchev–Trinajstić information content (AvgIpc) is 3.76. The Balaban J connectivity index is 0.862. The van der Waals surface area contributed by atoms with E-state index in [9.17, 15) is 56.2 Å². The third kappa shape index (κ3) is 8.86. The van der Waals surface area contributed by atoms with Crippen molar-refractivity contribution in [2.24, 2.45) is 52.3 Å². The molecule has 382 valence electrons. The normalized spacial score (nSPS) is 55.4. The minimum Gasteiger partial charge on any atom is -0.394 e. The van der Waals surface area contributed by atoms with Gasteiger partial charge in [0.2, 0.25) is 0 Å². The van der Waals surface area contributed by atoms with E-state index in [4.69, 9.17) is 37.9 Å². The summed E-state index contributed by atoms with van der Waals surface area (Å²) in [4.78, 5) is 0. The fraction of sp³-hybridized carbons (Fsp3) is 1.00. The van der Waals surface area contributed by atoms with Crippen LogP contribution in [-0.2, 0) is 37.9 Å². The van der Waals surface area contributed by atoms with Crippen LogP contribution >= 0.6 is 0 Å². The number of ether oxygens (including phenoxy) is 8. The van der Waals surface area contributed by atoms with E-state index in [1.165, 1.54) is 0 Å². The van der Waals surface area contributed by atoms with E-state index >= 15 is 0 Å². The highest BCUT2D eigenvalue weighted by atomic mass is 16.7. The van der Waals surface area contributed by atoms with Crippen molar-refractivity contribution in [3.63, 3.8) is 0 Å². The molecular weight excluding hydrogens is 868 g/mol. The number of methoxy groups -OCH3 is 1. The molecule has 0 unspecified atom stereocenters. The highest BCUT2D eigenvalue weighted by Gasteiger charge is 2.69. The van der Waals surface area contributed by atoms with Gasteiger partial charge in [-0.1, -0.05) is 34.6 Å². The van der Waals surface area contributed by atoms with Crippen LogP contribution < -0.4 is 0 Å². The number of hydrogen-bond acceptors (Lipinski definition) is 19. The zero-order valence-electron chi connectivity index (χ0n) is 39.3. The fourth-order valence-electron chi connectivity index (χ4n) is 14.7. The molecule has 19 heteroatoms. The van der Waals surface area contributed by atoms with Crippen LogP contribution in [0.15, 0.2) is 0 Å². The number of rotatable bonds is 14. The molecule has 0 radical (unpaired) electrons. The lowest BCUT2D eigenvalue weighted by molar-refractivity contribution is -0.366. The lowest BCUT2D eigenvalue weighted by Gasteiger charge is -2.62. The molecule has 8 rings (SSSR count). The lowest BCUT2D eigenvalue weighted by Crippen LogP contribution is -2.65. The van der Waals surface area contributed by atoms with Gasteiger partial charge in [0.1, 0.15) is 67.1 Å². The van der Waals surface area contributed by atoms with Gasteiger partial charge >= 0.3 is 0 Å². The molecule has 0 amide bonds. The zero-order valence-corrected chi connectivity index (χ0v) is 39.3. The Morgan fingerprint density at radius 3 is 1.97 bits per heavy atom. The second-order valence-electron chi connectivity index (χ2n) is 22.0. The molecule has 0 aromatic rings. The highest BCUT2D eigenvalue weighted by Crippen LogP contribution is 2.71. The summed E-state index contributed by atoms with van der Waals surface area (Å²) in [6, 6.07) is 0. The first-order valence-electron chi connectivity index (χ1n) is 24.7. The number of fused-ring (bicyclic) bond motifs is 7. The predicted octanol–water partition coefficient (Wildman–Crippen LogP) is -0.737. The van der Waals surface area contributed by atoms with Crippen LogP contribution in [0.25, 0.3) is 0 Å². The summed E-state index contributed by atoms with van der Waals surface area (Å²) in [7, 11) is 1.74. The number of aliphatic hydroxyl groups is 11. The monoisotopic (exact) mass is 949 g/mol. The molecular formula is C47H80O19. The first-order chi connectivity index (χ1) is 31.3. The SMILES string of the molecule is CC[C@H]1O[C@@H](OC[C@H](C)CC[C@@]2(OC)O[C@H]3C[C@H]4[C@@H]5CC[C@H]6C[C@@H](O[C@@H]7O[C@H](CO)[C@H](O[C@@H]8O[C@H](CO)[C@@H](O)[C@H](O)[C@H]8O)[C@H](O)[C@H]7O)[C@H](O)C[C@]6(C)[C@H]5CC[C@]4(C)[C@H]3[C@@H]2C)[C@H](O)[C@@H](O)[C@@H]1O. The maximum absolute atomic E-state index is 11.8. The Kier molecular flexibility index (Phi) is 15.7. The molecule has 0 bridgehead atoms. The quantitative estimate of drug-likeness (QED) is 0.0957. The van der Waals surface area contributed by atoms with Crippen LogP contribution in [0.5, 0.6) is 0 Å². The van der Waals surface area contributed by atoms with Gasteiger partial charge in [-0.05, 0) is 104 Å². The van der Waals surface area contributed by atoms with E-state index in [2.05, 4.69) is 27.7 Å². The van der Waals surface area contributed by atoms with E-state index in [0.29, 0.717) is 56.0 Å². The van der Waals surface area contributed by atoms with E-state index in [1.807, 2.05) is 6.92 Å². The van der Waals surface area contributed by atoms with Gasteiger partial charge in [0, 0.05) is 19.4 Å². The minimum absolute atomic E-state index is 0.0426. The molecule has 4 heterocycles. The first kappa shape index (κ1) is 51.6. The molecule has 8 aliphatic rings. The van der Waals surface area contributed by atoms with Gasteiger partial charge in [0.25, 0.3) is 0 Å². The molecule has 0 aromatic carbocycles. The van der Waals surface area contributed by atoms with Crippen LogP contribution in [0.1, 0.15) is 98.8 Å². The fourth-order valence-corrected chi connectivity index (χ4v) is 14.7. The molecule has 0 aromatic heterocycles. The van der Waals surface area contributed by atoms with Crippen molar-refractivity contribution in [1.29, 1.82) is 0 Å².